The number of amides is 8. The molecule has 11 aromatic rings. The summed E-state index contributed by atoms with van der Waals surface area (Å²) in [5, 5.41) is 23.4. The monoisotopic (exact) mass is 1850 g/mol. The lowest BCUT2D eigenvalue weighted by atomic mass is 9.90. The number of allylic oxidation sites excluding steroid dienone is 2. The van der Waals surface area contributed by atoms with Gasteiger partial charge in [0.1, 0.15) is 61.1 Å². The molecule has 0 spiro atoms. The van der Waals surface area contributed by atoms with Gasteiger partial charge in [-0.1, -0.05) is 179 Å². The summed E-state index contributed by atoms with van der Waals surface area (Å²) in [6.07, 6.45) is 12.5. The summed E-state index contributed by atoms with van der Waals surface area (Å²) in [7, 11) is 5.07. The molecular weight excluding hydrogens is 1740 g/mol. The Morgan fingerprint density at radius 2 is 0.818 bits per heavy atom. The smallest absolute Gasteiger partial charge is 0.410 e. The topological polar surface area (TPSA) is 382 Å². The van der Waals surface area contributed by atoms with Crippen LogP contribution in [0, 0.1) is 11.8 Å². The predicted molar refractivity (Wildman–Crippen MR) is 517 cm³/mol. The van der Waals surface area contributed by atoms with Crippen LogP contribution in [0.1, 0.15) is 167 Å². The van der Waals surface area contributed by atoms with E-state index in [9.17, 15) is 43.2 Å². The minimum Gasteiger partial charge on any atom is -0.488 e. The van der Waals surface area contributed by atoms with Gasteiger partial charge in [-0.3, -0.25) is 29.3 Å². The number of H-pyrrole nitrogens is 2. The molecular formula is C106H110N14O17. The fourth-order valence-electron chi connectivity index (χ4n) is 19.6. The van der Waals surface area contributed by atoms with Crippen LogP contribution in [0.4, 0.5) is 24.0 Å². The first-order valence-corrected chi connectivity index (χ1v) is 46.4. The minimum absolute atomic E-state index is 0.0865. The van der Waals surface area contributed by atoms with Gasteiger partial charge in [0.2, 0.25) is 11.8 Å². The number of fused-ring (bicyclic) bond motifs is 10. The molecule has 2 aromatic heterocycles. The molecule has 0 bridgehead atoms. The number of alkyl carbamates (subject to hydrolysis) is 4. The molecule has 4 saturated heterocycles. The molecule has 706 valence electrons. The third kappa shape index (κ3) is 20.2. The fraction of sp³-hybridized carbons (Fsp3) is 0.330. The van der Waals surface area contributed by atoms with Crippen molar-refractivity contribution in [3.8, 4) is 56.3 Å². The van der Waals surface area contributed by atoms with Gasteiger partial charge in [-0.2, -0.15) is 0 Å². The fourth-order valence-corrected chi connectivity index (χ4v) is 19.6. The molecule has 7 N–H and O–H groups in total. The van der Waals surface area contributed by atoms with Gasteiger partial charge in [-0.05, 0) is 172 Å². The lowest BCUT2D eigenvalue weighted by Gasteiger charge is -2.31. The van der Waals surface area contributed by atoms with Gasteiger partial charge in [0.05, 0.1) is 76.4 Å². The zero-order valence-corrected chi connectivity index (χ0v) is 77.6. The Balaban J connectivity index is 0.000000165. The molecule has 8 amide bonds. The normalized spacial score (nSPS) is 18.0. The molecule has 31 heteroatoms. The quantitative estimate of drug-likeness (QED) is 0.0310. The SMILES string of the molecule is COC(=O)N[C@@H](C(=O)O)c1ccccc1.COC(=O)N[C@H](C(=O)N1CCC[C@H]1C1=NC=C(c2ccc3c(c2)COc2c-3ccc3cc(-c4cnc([C@@H]5CCCN5C(=O)OCc5ccccc5)[nH]4)ccc23)C1)C(C)C.COC(=O)N[C@H](C(=O)N1CCC[C@H]1C1=NC=C(c2ccc3c(c2)COc2c-3ccc3cc(-c4cnc([C@@H]5CCCN5C(=O)[C@H](NC(=O)OC)c5ccccc5)[nH]4)ccc23)C1)C(C)C. The molecule has 9 aromatic carbocycles. The van der Waals surface area contributed by atoms with E-state index in [0.29, 0.717) is 69.2 Å². The predicted octanol–water partition coefficient (Wildman–Crippen LogP) is 18.1. The van der Waals surface area contributed by atoms with Gasteiger partial charge in [0.25, 0.3) is 5.91 Å². The highest BCUT2D eigenvalue weighted by Gasteiger charge is 2.43. The number of nitrogens with one attached hydrogen (secondary N) is 6. The van der Waals surface area contributed by atoms with Crippen LogP contribution in [0.15, 0.2) is 223 Å². The first-order chi connectivity index (χ1) is 66.5. The van der Waals surface area contributed by atoms with Gasteiger partial charge in [-0.25, -0.2) is 38.7 Å². The molecule has 4 fully saturated rings. The third-order valence-corrected chi connectivity index (χ3v) is 26.7. The number of imidazole rings is 2. The number of aromatic amines is 2. The number of methoxy groups -OCH3 is 4. The second-order valence-corrected chi connectivity index (χ2v) is 35.8. The van der Waals surface area contributed by atoms with Crippen molar-refractivity contribution in [2.24, 2.45) is 21.8 Å². The summed E-state index contributed by atoms with van der Waals surface area (Å²) in [6.45, 7) is 11.2. The number of likely N-dealkylation sites (tertiary alicyclic amines) is 4. The Morgan fingerprint density at radius 3 is 1.26 bits per heavy atom. The van der Waals surface area contributed by atoms with Crippen LogP contribution in [0.25, 0.3) is 77.5 Å². The number of hydrogen-bond donors (Lipinski definition) is 7. The van der Waals surface area contributed by atoms with Gasteiger partial charge in [0.15, 0.2) is 6.04 Å². The first-order valence-electron chi connectivity index (χ1n) is 46.4. The molecule has 10 heterocycles. The van der Waals surface area contributed by atoms with Crippen molar-refractivity contribution in [3.05, 3.63) is 263 Å². The summed E-state index contributed by atoms with van der Waals surface area (Å²) >= 11 is 0. The Morgan fingerprint density at radius 1 is 0.431 bits per heavy atom. The standard InChI is InChI=1S/C49H51N7O7.C47H48N6O6.C10H11NO4/c1-28(2)42(53-48(59)61-3)46(57)55-20-8-12-40(55)38-24-33(25-50-38)30-14-17-35-34(22-30)27-63-44-36-18-16-32(23-31(36)15-19-37(35)44)39-26-51-45(52-39)41-13-9-21-56(41)47(58)43(54-49(60)62-4)29-10-6-5-7-11-29;1-28(2)42(51-46(55)57-3)45(54)52-19-7-11-40(52)38-23-33(24-48-38)30-13-16-35-34(21-30)27-58-43-36-17-15-32(22-31(36)14-18-37(35)43)39-25-49-44(50-39)41-12-8-20-53(41)47(56)59-26-29-9-5-4-6-10-29;1-15-10(14)11-8(9(12)13)7-5-3-2-4-6-7/h5-7,10-11,14-19,22-23,25-26,28,40-43H,8-9,12-13,20-21,24,27H2,1-4H3,(H,51,52)(H,53,59)(H,54,60);4-6,9-10,13-18,21-22,24-25,28,40-42H,7-8,11-12,19-20,23,26-27H2,1-3H3,(H,49,50)(H,51,55);2-6,8H,1H3,(H,11,14)(H,12,13)/t40-,41-,42-,43+;40-,41-,42-;8-/m001/s1. The van der Waals surface area contributed by atoms with Gasteiger partial charge >= 0.3 is 36.4 Å². The molecule has 19 rings (SSSR count). The highest BCUT2D eigenvalue weighted by Crippen LogP contribution is 2.48. The summed E-state index contributed by atoms with van der Waals surface area (Å²) in [4.78, 5) is 146. The number of rotatable bonds is 22. The Kier molecular flexibility index (Phi) is 28.4. The zero-order chi connectivity index (χ0) is 95.7. The highest BCUT2D eigenvalue weighted by molar-refractivity contribution is 6.07. The number of aliphatic carboxylic acids is 1. The number of ether oxygens (including phenoxy) is 7. The third-order valence-electron chi connectivity index (χ3n) is 26.7. The van der Waals surface area contributed by atoms with Crippen LogP contribution in [0.2, 0.25) is 0 Å². The van der Waals surface area contributed by atoms with Crippen LogP contribution in [-0.2, 0) is 62.7 Å². The maximum Gasteiger partial charge on any atom is 0.410 e. The van der Waals surface area contributed by atoms with E-state index in [-0.39, 0.29) is 66.4 Å². The average Bonchev–Trinajstić information content (AvgIpc) is 1.74. The molecule has 31 nitrogen and oxygen atoms in total. The molecule has 0 aliphatic carbocycles. The van der Waals surface area contributed by atoms with E-state index in [1.807, 2.05) is 123 Å². The largest absolute Gasteiger partial charge is 0.488 e. The summed E-state index contributed by atoms with van der Waals surface area (Å²) in [6, 6.07) is 57.5. The molecule has 8 aliphatic heterocycles. The van der Waals surface area contributed by atoms with E-state index >= 15 is 0 Å². The highest BCUT2D eigenvalue weighted by atomic mass is 16.6. The van der Waals surface area contributed by atoms with E-state index in [0.717, 1.165) is 185 Å². The van der Waals surface area contributed by atoms with Crippen molar-refractivity contribution in [3.63, 3.8) is 0 Å². The Bertz CT molecular complexity index is 6550. The molecule has 8 aliphatic rings. The average molecular weight is 1850 g/mol. The maximum atomic E-state index is 14.0. The number of aliphatic imine (C=N–C) groups is 2. The van der Waals surface area contributed by atoms with Crippen molar-refractivity contribution in [2.75, 3.05) is 54.6 Å². The lowest BCUT2D eigenvalue weighted by Crippen LogP contribution is -2.53. The van der Waals surface area contributed by atoms with E-state index in [1.165, 1.54) is 28.4 Å². The second-order valence-electron chi connectivity index (χ2n) is 35.8. The van der Waals surface area contributed by atoms with E-state index in [2.05, 4.69) is 133 Å². The van der Waals surface area contributed by atoms with Crippen molar-refractivity contribution < 1.29 is 81.4 Å². The second kappa shape index (κ2) is 41.6. The minimum atomic E-state index is -1.13. The lowest BCUT2D eigenvalue weighted by molar-refractivity contribution is -0.139. The first kappa shape index (κ1) is 93.4. The molecule has 8 atom stereocenters. The summed E-state index contributed by atoms with van der Waals surface area (Å²) < 4.78 is 37.4. The van der Waals surface area contributed by atoms with Crippen LogP contribution in [0.5, 0.6) is 11.5 Å². The van der Waals surface area contributed by atoms with E-state index in [4.69, 9.17) is 53.5 Å². The number of carbonyl (C=O) groups excluding carboxylic acids is 8. The number of carboxylic acid groups (broad SMARTS) is 1. The van der Waals surface area contributed by atoms with Crippen molar-refractivity contribution in [1.29, 1.82) is 0 Å². The van der Waals surface area contributed by atoms with E-state index < -0.39 is 54.5 Å². The van der Waals surface area contributed by atoms with Crippen LogP contribution >= 0.6 is 0 Å². The maximum absolute atomic E-state index is 14.0. The Labute approximate surface area is 792 Å². The number of aromatic nitrogens is 4. The number of benzene rings is 9. The summed E-state index contributed by atoms with van der Waals surface area (Å²) in [5.74, 6) is 1.43. The molecule has 0 radical (unpaired) electrons. The molecule has 0 saturated carbocycles. The van der Waals surface area contributed by atoms with Gasteiger partial charge in [-0.15, -0.1) is 0 Å². The van der Waals surface area contributed by atoms with Crippen LogP contribution in [-0.4, -0.2) is 189 Å². The van der Waals surface area contributed by atoms with Crippen molar-refractivity contribution >= 4 is 98.3 Å². The molecule has 137 heavy (non-hydrogen) atoms. The van der Waals surface area contributed by atoms with Gasteiger partial charge < -0.3 is 84.2 Å². The molecule has 0 unspecified atom stereocenters. The van der Waals surface area contributed by atoms with Crippen LogP contribution < -0.4 is 30.7 Å². The van der Waals surface area contributed by atoms with Crippen molar-refractivity contribution in [1.82, 2.24) is 60.8 Å². The summed E-state index contributed by atoms with van der Waals surface area (Å²) in [5.41, 5.74) is 18.7. The van der Waals surface area contributed by atoms with Crippen molar-refractivity contribution in [2.45, 2.75) is 160 Å². The number of carbonyl (C=O) groups is 9. The number of carboxylic acids is 1. The van der Waals surface area contributed by atoms with Crippen LogP contribution in [0.3, 0.4) is 0 Å². The number of hydrogen-bond acceptors (Lipinski definition) is 20. The van der Waals surface area contributed by atoms with E-state index in [1.54, 1.807) is 40.1 Å². The zero-order valence-electron chi connectivity index (χ0n) is 77.6. The van der Waals surface area contributed by atoms with Gasteiger partial charge in [0, 0.05) is 95.9 Å². The Hall–Kier alpha value is -15.4. The number of nitrogens with zero attached hydrogens (tertiary/aromatic N) is 8.